The minimum absolute atomic E-state index is 0.242. The lowest BCUT2D eigenvalue weighted by atomic mass is 10.2. The molecule has 7 heteroatoms. The van der Waals surface area contributed by atoms with Gasteiger partial charge in [0.25, 0.3) is 0 Å². The van der Waals surface area contributed by atoms with Crippen molar-refractivity contribution in [2.75, 3.05) is 6.61 Å². The van der Waals surface area contributed by atoms with Gasteiger partial charge in [0.05, 0.1) is 24.7 Å². The summed E-state index contributed by atoms with van der Waals surface area (Å²) in [7, 11) is 0. The summed E-state index contributed by atoms with van der Waals surface area (Å²) < 4.78 is 6.50. The van der Waals surface area contributed by atoms with Crippen LogP contribution in [0.25, 0.3) is 11.3 Å². The first-order chi connectivity index (χ1) is 10.2. The highest BCUT2D eigenvalue weighted by molar-refractivity contribution is 5.68. The third kappa shape index (κ3) is 4.04. The second kappa shape index (κ2) is 7.05. The van der Waals surface area contributed by atoms with Gasteiger partial charge in [0.1, 0.15) is 18.7 Å². The predicted molar refractivity (Wildman–Crippen MR) is 71.4 cm³/mol. The molecule has 0 radical (unpaired) electrons. The molecule has 0 aliphatic carbocycles. The summed E-state index contributed by atoms with van der Waals surface area (Å²) in [6.07, 6.45) is 6.62. The number of carbonyl (C=O) groups excluding carboxylic acids is 1. The fraction of sp³-hybridized carbons (Fsp3) is 0.286. The average Bonchev–Trinajstić information content (AvgIpc) is 2.54. The summed E-state index contributed by atoms with van der Waals surface area (Å²) in [6, 6.07) is 3.74. The van der Waals surface area contributed by atoms with Gasteiger partial charge in [-0.1, -0.05) is 4.68 Å². The van der Waals surface area contributed by atoms with E-state index in [1.807, 2.05) is 12.1 Å². The molecule has 0 N–H and O–H groups in total. The van der Waals surface area contributed by atoms with Crippen molar-refractivity contribution in [1.29, 1.82) is 5.26 Å². The van der Waals surface area contributed by atoms with E-state index in [0.29, 0.717) is 18.8 Å². The number of hydrogen-bond donors (Lipinski definition) is 0. The van der Waals surface area contributed by atoms with Crippen LogP contribution in [-0.4, -0.2) is 27.6 Å². The van der Waals surface area contributed by atoms with Gasteiger partial charge in [-0.15, -0.1) is 0 Å². The number of carbonyl (C=O) groups is 1. The maximum Gasteiger partial charge on any atom is 0.312 e. The fourth-order valence-corrected chi connectivity index (χ4v) is 1.64. The number of nitrogens with zero attached hydrogens (tertiary/aromatic N) is 5. The van der Waals surface area contributed by atoms with Crippen molar-refractivity contribution in [3.05, 3.63) is 36.5 Å². The number of aromatic nitrogens is 4. The molecule has 0 unspecified atom stereocenters. The maximum atomic E-state index is 11.3. The quantitative estimate of drug-likeness (QED) is 0.591. The van der Waals surface area contributed by atoms with Crippen molar-refractivity contribution in [2.45, 2.75) is 19.9 Å². The number of esters is 1. The van der Waals surface area contributed by atoms with E-state index in [0.717, 1.165) is 5.56 Å². The molecule has 21 heavy (non-hydrogen) atoms. The van der Waals surface area contributed by atoms with Crippen molar-refractivity contribution in [3.63, 3.8) is 0 Å². The van der Waals surface area contributed by atoms with Crippen molar-refractivity contribution in [1.82, 2.24) is 15.1 Å². The molecule has 0 spiro atoms. The molecule has 0 aliphatic heterocycles. The molecule has 2 aromatic rings. The van der Waals surface area contributed by atoms with Gasteiger partial charge in [-0.05, 0) is 12.0 Å². The molecule has 0 bridgehead atoms. The van der Waals surface area contributed by atoms with Gasteiger partial charge >= 0.3 is 5.97 Å². The van der Waals surface area contributed by atoms with Crippen LogP contribution in [0.15, 0.2) is 30.9 Å². The Balaban J connectivity index is 2.01. The molecule has 2 aromatic heterocycles. The van der Waals surface area contributed by atoms with Crippen molar-refractivity contribution >= 4 is 5.97 Å². The first kappa shape index (κ1) is 14.5. The standard InChI is InChI=1S/C14H14N5O2/c1-2-21-14(20)4-6-19-5-3-11(8-18-19)13-10-16-12(7-15)9-17-13/h3,5,8-10H,2,4,6H2,1H3/q+1. The third-order valence-corrected chi connectivity index (χ3v) is 2.68. The van der Waals surface area contributed by atoms with Gasteiger partial charge in [0, 0.05) is 11.6 Å². The summed E-state index contributed by atoms with van der Waals surface area (Å²) in [5.74, 6) is -0.242. The zero-order chi connectivity index (χ0) is 15.1. The average molecular weight is 284 g/mol. The molecular formula is C14H14N5O2+. The molecule has 0 saturated heterocycles. The highest BCUT2D eigenvalue weighted by Crippen LogP contribution is 2.12. The number of nitriles is 1. The Kier molecular flexibility index (Phi) is 4.88. The van der Waals surface area contributed by atoms with Crippen molar-refractivity contribution < 1.29 is 14.2 Å². The molecule has 2 rings (SSSR count). The minimum atomic E-state index is -0.242. The Morgan fingerprint density at radius 2 is 2.24 bits per heavy atom. The summed E-state index contributed by atoms with van der Waals surface area (Å²) in [5, 5.41) is 12.9. The Labute approximate surface area is 121 Å². The van der Waals surface area contributed by atoms with E-state index in [9.17, 15) is 4.79 Å². The summed E-state index contributed by atoms with van der Waals surface area (Å²) in [4.78, 5) is 19.4. The van der Waals surface area contributed by atoms with Crippen molar-refractivity contribution in [2.24, 2.45) is 0 Å². The maximum absolute atomic E-state index is 11.3. The lowest BCUT2D eigenvalue weighted by molar-refractivity contribution is -0.752. The number of aryl methyl sites for hydroxylation is 1. The van der Waals surface area contributed by atoms with Crippen LogP contribution in [0.2, 0.25) is 0 Å². The van der Waals surface area contributed by atoms with Gasteiger partial charge in [-0.25, -0.2) is 4.98 Å². The molecular weight excluding hydrogens is 270 g/mol. The van der Waals surface area contributed by atoms with E-state index < -0.39 is 0 Å². The number of ether oxygens (including phenoxy) is 1. The third-order valence-electron chi connectivity index (χ3n) is 2.68. The predicted octanol–water partition coefficient (Wildman–Crippen LogP) is 0.651. The molecule has 0 saturated carbocycles. The molecule has 2 heterocycles. The lowest BCUT2D eigenvalue weighted by Crippen LogP contribution is -2.38. The van der Waals surface area contributed by atoms with Crippen LogP contribution in [0.3, 0.4) is 0 Å². The van der Waals surface area contributed by atoms with Crippen molar-refractivity contribution in [3.8, 4) is 17.3 Å². The van der Waals surface area contributed by atoms with Crippen LogP contribution in [-0.2, 0) is 16.1 Å². The van der Waals surface area contributed by atoms with Crippen LogP contribution in [0, 0.1) is 11.3 Å². The van der Waals surface area contributed by atoms with Gasteiger partial charge in [-0.3, -0.25) is 9.78 Å². The minimum Gasteiger partial charge on any atom is -0.466 e. The second-order valence-electron chi connectivity index (χ2n) is 4.13. The zero-order valence-electron chi connectivity index (χ0n) is 11.6. The van der Waals surface area contributed by atoms with E-state index >= 15 is 0 Å². The van der Waals surface area contributed by atoms with Gasteiger partial charge in [0.15, 0.2) is 18.4 Å². The van der Waals surface area contributed by atoms with Gasteiger partial charge in [-0.2, -0.15) is 5.26 Å². The van der Waals surface area contributed by atoms with Gasteiger partial charge < -0.3 is 4.74 Å². The highest BCUT2D eigenvalue weighted by Gasteiger charge is 2.10. The van der Waals surface area contributed by atoms with Crippen LogP contribution >= 0.6 is 0 Å². The SMILES string of the molecule is CCOC(=O)CC[n+]1ccc(-c2cnc(C#N)cn2)cn1. The van der Waals surface area contributed by atoms with Crippen LogP contribution in [0.4, 0.5) is 0 Å². The van der Waals surface area contributed by atoms with Crippen LogP contribution < -0.4 is 4.68 Å². The molecule has 0 fully saturated rings. The molecule has 0 amide bonds. The van der Waals surface area contributed by atoms with E-state index in [1.54, 1.807) is 24.0 Å². The number of hydrogen-bond acceptors (Lipinski definition) is 6. The van der Waals surface area contributed by atoms with E-state index in [-0.39, 0.29) is 18.1 Å². The lowest BCUT2D eigenvalue weighted by Gasteiger charge is -2.00. The normalized spacial score (nSPS) is 9.90. The molecule has 0 aliphatic rings. The van der Waals surface area contributed by atoms with E-state index in [2.05, 4.69) is 15.1 Å². The Morgan fingerprint density at radius 3 is 2.81 bits per heavy atom. The zero-order valence-corrected chi connectivity index (χ0v) is 11.6. The largest absolute Gasteiger partial charge is 0.466 e. The first-order valence-electron chi connectivity index (χ1n) is 6.47. The molecule has 0 aromatic carbocycles. The summed E-state index contributed by atoms with van der Waals surface area (Å²) in [5.41, 5.74) is 1.70. The van der Waals surface area contributed by atoms with E-state index in [4.69, 9.17) is 10.00 Å². The Bertz CT molecular complexity index is 647. The highest BCUT2D eigenvalue weighted by atomic mass is 16.5. The fourth-order valence-electron chi connectivity index (χ4n) is 1.64. The Hall–Kier alpha value is -2.88. The summed E-state index contributed by atoms with van der Waals surface area (Å²) in [6.45, 7) is 2.61. The van der Waals surface area contributed by atoms with Crippen LogP contribution in [0.1, 0.15) is 19.0 Å². The monoisotopic (exact) mass is 284 g/mol. The molecule has 7 nitrogen and oxygen atoms in total. The van der Waals surface area contributed by atoms with Crippen LogP contribution in [0.5, 0.6) is 0 Å². The summed E-state index contributed by atoms with van der Waals surface area (Å²) >= 11 is 0. The Morgan fingerprint density at radius 1 is 1.38 bits per heavy atom. The van der Waals surface area contributed by atoms with Gasteiger partial charge in [0.2, 0.25) is 0 Å². The first-order valence-corrected chi connectivity index (χ1v) is 6.47. The van der Waals surface area contributed by atoms with E-state index in [1.165, 1.54) is 12.4 Å². The second-order valence-corrected chi connectivity index (χ2v) is 4.13. The molecule has 106 valence electrons. The number of rotatable bonds is 5. The smallest absolute Gasteiger partial charge is 0.312 e. The molecule has 0 atom stereocenters. The topological polar surface area (TPSA) is 92.6 Å².